The van der Waals surface area contributed by atoms with Crippen LogP contribution in [0, 0.1) is 5.92 Å². The Hall–Kier alpha value is -1.66. The first-order chi connectivity index (χ1) is 10.3. The Morgan fingerprint density at radius 3 is 2.95 bits per heavy atom. The van der Waals surface area contributed by atoms with Crippen molar-refractivity contribution in [3.63, 3.8) is 0 Å². The molecule has 21 heavy (non-hydrogen) atoms. The van der Waals surface area contributed by atoms with E-state index in [2.05, 4.69) is 21.3 Å². The molecule has 0 aromatic carbocycles. The van der Waals surface area contributed by atoms with E-state index >= 15 is 0 Å². The van der Waals surface area contributed by atoms with E-state index in [0.29, 0.717) is 11.7 Å². The second kappa shape index (κ2) is 6.41. The number of ether oxygens (including phenoxy) is 1. The van der Waals surface area contributed by atoms with Gasteiger partial charge in [0.15, 0.2) is 0 Å². The molecule has 3 heterocycles. The summed E-state index contributed by atoms with van der Waals surface area (Å²) in [4.78, 5) is 6.45. The number of hydrogen-bond donors (Lipinski definition) is 1. The Morgan fingerprint density at radius 2 is 2.24 bits per heavy atom. The van der Waals surface area contributed by atoms with Gasteiger partial charge in [-0.25, -0.2) is 0 Å². The minimum Gasteiger partial charge on any atom is -0.382 e. The lowest BCUT2D eigenvalue weighted by atomic mass is 10.00. The average Bonchev–Trinajstić information content (AvgIpc) is 2.91. The molecule has 0 bridgehead atoms. The Morgan fingerprint density at radius 1 is 1.43 bits per heavy atom. The highest BCUT2D eigenvalue weighted by Gasteiger charge is 2.21. The fourth-order valence-electron chi connectivity index (χ4n) is 2.73. The highest BCUT2D eigenvalue weighted by Crippen LogP contribution is 2.38. The summed E-state index contributed by atoms with van der Waals surface area (Å²) in [6, 6.07) is 3.95. The van der Waals surface area contributed by atoms with Crippen LogP contribution in [0.4, 0.5) is 10.8 Å². The summed E-state index contributed by atoms with van der Waals surface area (Å²) >= 11 is 1.46. The fraction of sp³-hybridized carbons (Fsp3) is 0.467. The topological polar surface area (TPSA) is 64.3 Å². The first-order valence-electron chi connectivity index (χ1n) is 7.20. The van der Waals surface area contributed by atoms with Crippen LogP contribution in [0.5, 0.6) is 0 Å². The maximum atomic E-state index is 6.07. The van der Waals surface area contributed by atoms with Gasteiger partial charge in [0.25, 0.3) is 0 Å². The molecule has 3 rings (SSSR count). The number of hydrogen-bond acceptors (Lipinski definition) is 6. The molecule has 1 fully saturated rings. The molecule has 0 radical (unpaired) electrons. The quantitative estimate of drug-likeness (QED) is 0.940. The van der Waals surface area contributed by atoms with Crippen LogP contribution in [0.2, 0.25) is 0 Å². The third-order valence-electron chi connectivity index (χ3n) is 3.87. The molecule has 0 aliphatic carbocycles. The smallest absolute Gasteiger partial charge is 0.147 e. The minimum atomic E-state index is 0.585. The van der Waals surface area contributed by atoms with Crippen molar-refractivity contribution in [1.29, 1.82) is 0 Å². The molecule has 1 aliphatic heterocycles. The third kappa shape index (κ3) is 3.16. The van der Waals surface area contributed by atoms with Gasteiger partial charge in [-0.3, -0.25) is 4.98 Å². The molecule has 0 spiro atoms. The van der Waals surface area contributed by atoms with E-state index < -0.39 is 0 Å². The number of pyridine rings is 1. The van der Waals surface area contributed by atoms with Crippen LogP contribution in [0.1, 0.15) is 12.8 Å². The van der Waals surface area contributed by atoms with Crippen LogP contribution >= 0.6 is 11.5 Å². The average molecular weight is 304 g/mol. The standard InChI is InChI=1S/C15H20N4OS/c1-19(10-11-4-7-20-8-5-11)15-13(14(16)18-21-15)12-3-2-6-17-9-12/h2-3,6,9,11H,4-5,7-8,10H2,1H3,(H2,16,18). The first kappa shape index (κ1) is 14.3. The summed E-state index contributed by atoms with van der Waals surface area (Å²) in [7, 11) is 2.11. The monoisotopic (exact) mass is 304 g/mol. The van der Waals surface area contributed by atoms with E-state index in [-0.39, 0.29) is 0 Å². The normalized spacial score (nSPS) is 16.0. The molecule has 2 aromatic heterocycles. The summed E-state index contributed by atoms with van der Waals surface area (Å²) < 4.78 is 9.76. The zero-order chi connectivity index (χ0) is 14.7. The zero-order valence-electron chi connectivity index (χ0n) is 12.2. The van der Waals surface area contributed by atoms with Crippen LogP contribution in [0.15, 0.2) is 24.5 Å². The minimum absolute atomic E-state index is 0.585. The van der Waals surface area contributed by atoms with Crippen molar-refractivity contribution >= 4 is 22.4 Å². The lowest BCUT2D eigenvalue weighted by molar-refractivity contribution is 0.0685. The number of nitrogen functional groups attached to an aromatic ring is 1. The molecule has 2 aromatic rings. The maximum absolute atomic E-state index is 6.07. The number of anilines is 2. The number of rotatable bonds is 4. The van der Waals surface area contributed by atoms with Crippen molar-refractivity contribution < 1.29 is 4.74 Å². The summed E-state index contributed by atoms with van der Waals surface area (Å²) in [5.74, 6) is 1.26. The Labute approximate surface area is 128 Å². The van der Waals surface area contributed by atoms with Gasteiger partial charge in [0, 0.05) is 44.8 Å². The van der Waals surface area contributed by atoms with Gasteiger partial charge in [-0.15, -0.1) is 0 Å². The SMILES string of the molecule is CN(CC1CCOCC1)c1snc(N)c1-c1cccnc1. The maximum Gasteiger partial charge on any atom is 0.147 e. The molecule has 1 saturated heterocycles. The summed E-state index contributed by atoms with van der Waals surface area (Å²) in [6.07, 6.45) is 5.86. The van der Waals surface area contributed by atoms with Crippen molar-refractivity contribution in [2.75, 3.05) is 37.4 Å². The number of nitrogens with two attached hydrogens (primary N) is 1. The van der Waals surface area contributed by atoms with Gasteiger partial charge in [-0.1, -0.05) is 6.07 Å². The summed E-state index contributed by atoms with van der Waals surface area (Å²) in [5.41, 5.74) is 8.10. The molecule has 0 atom stereocenters. The molecule has 0 amide bonds. The van der Waals surface area contributed by atoms with Crippen molar-refractivity contribution in [1.82, 2.24) is 9.36 Å². The Kier molecular flexibility index (Phi) is 4.36. The van der Waals surface area contributed by atoms with E-state index in [9.17, 15) is 0 Å². The molecule has 6 heteroatoms. The van der Waals surface area contributed by atoms with Crippen LogP contribution in [-0.2, 0) is 4.74 Å². The van der Waals surface area contributed by atoms with Gasteiger partial charge < -0.3 is 15.4 Å². The largest absolute Gasteiger partial charge is 0.382 e. The van der Waals surface area contributed by atoms with Crippen LogP contribution in [-0.4, -0.2) is 36.2 Å². The highest BCUT2D eigenvalue weighted by molar-refractivity contribution is 7.11. The first-order valence-corrected chi connectivity index (χ1v) is 7.97. The molecule has 0 unspecified atom stereocenters. The molecular weight excluding hydrogens is 284 g/mol. The molecule has 112 valence electrons. The van der Waals surface area contributed by atoms with Crippen molar-refractivity contribution in [2.45, 2.75) is 12.8 Å². The molecular formula is C15H20N4OS. The van der Waals surface area contributed by atoms with E-state index in [1.54, 1.807) is 6.20 Å². The molecule has 2 N–H and O–H groups in total. The number of aromatic nitrogens is 2. The Balaban J connectivity index is 1.82. The van der Waals surface area contributed by atoms with Gasteiger partial charge in [-0.05, 0) is 36.4 Å². The third-order valence-corrected chi connectivity index (χ3v) is 4.85. The predicted octanol–water partition coefficient (Wildman–Crippen LogP) is 2.65. The molecule has 1 aliphatic rings. The van der Waals surface area contributed by atoms with Crippen molar-refractivity contribution in [2.24, 2.45) is 5.92 Å². The second-order valence-electron chi connectivity index (χ2n) is 5.43. The van der Waals surface area contributed by atoms with E-state index in [4.69, 9.17) is 10.5 Å². The summed E-state index contributed by atoms with van der Waals surface area (Å²) in [5, 5.41) is 1.12. The van der Waals surface area contributed by atoms with Crippen molar-refractivity contribution in [3.8, 4) is 11.1 Å². The Bertz CT molecular complexity index is 581. The predicted molar refractivity (Wildman–Crippen MR) is 86.6 cm³/mol. The van der Waals surface area contributed by atoms with E-state index in [0.717, 1.165) is 48.7 Å². The van der Waals surface area contributed by atoms with Gasteiger partial charge in [0.2, 0.25) is 0 Å². The van der Waals surface area contributed by atoms with Gasteiger partial charge >= 0.3 is 0 Å². The second-order valence-corrected chi connectivity index (χ2v) is 6.18. The zero-order valence-corrected chi connectivity index (χ0v) is 13.0. The van der Waals surface area contributed by atoms with Gasteiger partial charge in [-0.2, -0.15) is 4.37 Å². The highest BCUT2D eigenvalue weighted by atomic mass is 32.1. The van der Waals surface area contributed by atoms with Crippen molar-refractivity contribution in [3.05, 3.63) is 24.5 Å². The lowest BCUT2D eigenvalue weighted by Crippen LogP contribution is -2.29. The van der Waals surface area contributed by atoms with Gasteiger partial charge in [0.1, 0.15) is 10.8 Å². The summed E-state index contributed by atoms with van der Waals surface area (Å²) in [6.45, 7) is 2.76. The van der Waals surface area contributed by atoms with E-state index in [1.807, 2.05) is 18.3 Å². The fourth-order valence-corrected chi connectivity index (χ4v) is 3.54. The number of nitrogens with zero attached hydrogens (tertiary/aromatic N) is 3. The molecule has 5 nitrogen and oxygen atoms in total. The van der Waals surface area contributed by atoms with Gasteiger partial charge in [0.05, 0.1) is 5.56 Å². The van der Waals surface area contributed by atoms with Crippen LogP contribution in [0.25, 0.3) is 11.1 Å². The van der Waals surface area contributed by atoms with Crippen LogP contribution in [0.3, 0.4) is 0 Å². The molecule has 0 saturated carbocycles. The van der Waals surface area contributed by atoms with E-state index in [1.165, 1.54) is 11.5 Å². The lowest BCUT2D eigenvalue weighted by Gasteiger charge is -2.28. The van der Waals surface area contributed by atoms with Crippen LogP contribution < -0.4 is 10.6 Å².